The summed E-state index contributed by atoms with van der Waals surface area (Å²) in [7, 11) is -10.4. The Morgan fingerprint density at radius 1 is 1.00 bits per heavy atom. The van der Waals surface area contributed by atoms with Crippen molar-refractivity contribution >= 4 is 16.5 Å². The summed E-state index contributed by atoms with van der Waals surface area (Å²) >= 11 is 0. The second-order valence-corrected chi connectivity index (χ2v) is 12.3. The number of halogens is 4. The summed E-state index contributed by atoms with van der Waals surface area (Å²) in [4.78, 5) is 0. The zero-order valence-electron chi connectivity index (χ0n) is 7.95. The zero-order valence-corrected chi connectivity index (χ0v) is 9.95. The smallest absolute Gasteiger partial charge is 0.268 e. The van der Waals surface area contributed by atoms with Crippen LogP contribution in [0.3, 0.4) is 0 Å². The number of hydrogen-bond acceptors (Lipinski definition) is 0. The first-order valence-corrected chi connectivity index (χ1v) is 9.25. The summed E-state index contributed by atoms with van der Waals surface area (Å²) in [5.41, 5.74) is -1.04. The number of hydrogen-bond donors (Lipinski definition) is 0. The molecule has 1 aliphatic rings. The van der Waals surface area contributed by atoms with Crippen LogP contribution >= 0.6 is 0 Å². The molecule has 0 saturated carbocycles. The summed E-state index contributed by atoms with van der Waals surface area (Å²) < 4.78 is 52.7. The van der Waals surface area contributed by atoms with Gasteiger partial charge in [0, 0.05) is 11.6 Å². The number of rotatable bonds is 0. The van der Waals surface area contributed by atoms with E-state index in [9.17, 15) is 16.4 Å². The molecule has 0 unspecified atom stereocenters. The Hall–Kier alpha value is 0.154. The van der Waals surface area contributed by atoms with Gasteiger partial charge in [0.25, 0.3) is 0 Å². The molecule has 78 valence electrons. The van der Waals surface area contributed by atoms with Gasteiger partial charge in [-0.1, -0.05) is 20.8 Å². The standard InChI is InChI=1S/C7H14F4Si2/c1-5-4-12(8,9)13(10,11)7(3)6(5)2/h5-7H,4H2,1-3H3/t5-,6-,7+/m1/s1. The van der Waals surface area contributed by atoms with Gasteiger partial charge in [-0.2, -0.15) is 0 Å². The quantitative estimate of drug-likeness (QED) is 0.339. The van der Waals surface area contributed by atoms with Crippen molar-refractivity contribution in [3.05, 3.63) is 0 Å². The Kier molecular flexibility index (Phi) is 2.66. The van der Waals surface area contributed by atoms with Crippen LogP contribution in [0.15, 0.2) is 0 Å². The van der Waals surface area contributed by atoms with Crippen LogP contribution in [0, 0.1) is 11.8 Å². The van der Waals surface area contributed by atoms with Crippen molar-refractivity contribution in [2.24, 2.45) is 11.8 Å². The highest BCUT2D eigenvalue weighted by molar-refractivity contribution is 7.31. The van der Waals surface area contributed by atoms with Crippen LogP contribution in [-0.2, 0) is 0 Å². The van der Waals surface area contributed by atoms with Gasteiger partial charge < -0.3 is 0 Å². The van der Waals surface area contributed by atoms with Crippen LogP contribution in [0.4, 0.5) is 16.4 Å². The van der Waals surface area contributed by atoms with Gasteiger partial charge in [0.05, 0.1) is 0 Å². The Morgan fingerprint density at radius 2 is 1.46 bits per heavy atom. The lowest BCUT2D eigenvalue weighted by atomic mass is 9.95. The molecule has 1 heterocycles. The van der Waals surface area contributed by atoms with E-state index in [2.05, 4.69) is 0 Å². The molecule has 1 fully saturated rings. The van der Waals surface area contributed by atoms with Crippen LogP contribution in [0.25, 0.3) is 0 Å². The third-order valence-corrected chi connectivity index (χ3v) is 12.0. The molecule has 1 aliphatic heterocycles. The van der Waals surface area contributed by atoms with Crippen molar-refractivity contribution in [3.8, 4) is 0 Å². The minimum Gasteiger partial charge on any atom is -0.268 e. The molecule has 0 N–H and O–H groups in total. The lowest BCUT2D eigenvalue weighted by Crippen LogP contribution is -2.60. The second kappa shape index (κ2) is 3.08. The largest absolute Gasteiger partial charge is 0.479 e. The maximum absolute atomic E-state index is 13.3. The van der Waals surface area contributed by atoms with E-state index in [1.165, 1.54) is 6.92 Å². The minimum absolute atomic E-state index is 0.246. The first-order valence-electron chi connectivity index (χ1n) is 4.46. The van der Waals surface area contributed by atoms with Gasteiger partial charge in [-0.25, -0.2) is 0 Å². The topological polar surface area (TPSA) is 0 Å². The third-order valence-electron chi connectivity index (χ3n) is 3.32. The molecule has 0 spiro atoms. The normalized spacial score (nSPS) is 43.2. The van der Waals surface area contributed by atoms with E-state index in [0.717, 1.165) is 0 Å². The van der Waals surface area contributed by atoms with E-state index >= 15 is 0 Å². The van der Waals surface area contributed by atoms with E-state index in [-0.39, 0.29) is 11.8 Å². The molecule has 0 aromatic carbocycles. The highest BCUT2D eigenvalue weighted by Gasteiger charge is 2.72. The third kappa shape index (κ3) is 1.58. The van der Waals surface area contributed by atoms with Gasteiger partial charge in [0.15, 0.2) is 0 Å². The Labute approximate surface area is 77.8 Å². The van der Waals surface area contributed by atoms with Gasteiger partial charge >= 0.3 is 16.5 Å². The van der Waals surface area contributed by atoms with Crippen LogP contribution in [0.2, 0.25) is 11.6 Å². The highest BCUT2D eigenvalue weighted by Crippen LogP contribution is 2.50. The maximum Gasteiger partial charge on any atom is 0.479 e. The minimum atomic E-state index is -5.22. The molecule has 0 aromatic rings. The molecular weight excluding hydrogens is 216 g/mol. The zero-order chi connectivity index (χ0) is 10.4. The molecule has 0 nitrogen and oxygen atoms in total. The van der Waals surface area contributed by atoms with E-state index in [1.807, 2.05) is 0 Å². The summed E-state index contributed by atoms with van der Waals surface area (Å²) in [6.45, 7) is 4.62. The second-order valence-electron chi connectivity index (χ2n) is 4.16. The maximum atomic E-state index is 13.3. The molecule has 6 heteroatoms. The first-order chi connectivity index (χ1) is 5.70. The van der Waals surface area contributed by atoms with Gasteiger partial charge in [-0.3, -0.25) is 16.4 Å². The molecule has 13 heavy (non-hydrogen) atoms. The van der Waals surface area contributed by atoms with E-state index in [0.29, 0.717) is 0 Å². The van der Waals surface area contributed by atoms with Gasteiger partial charge in [0.2, 0.25) is 0 Å². The van der Waals surface area contributed by atoms with E-state index in [1.54, 1.807) is 13.8 Å². The first kappa shape index (κ1) is 11.2. The van der Waals surface area contributed by atoms with Crippen molar-refractivity contribution in [3.63, 3.8) is 0 Å². The van der Waals surface area contributed by atoms with Crippen molar-refractivity contribution in [2.75, 3.05) is 0 Å². The molecule has 1 rings (SSSR count). The van der Waals surface area contributed by atoms with Crippen molar-refractivity contribution < 1.29 is 16.4 Å². The molecule has 1 saturated heterocycles. The molecule has 0 aliphatic carbocycles. The van der Waals surface area contributed by atoms with Gasteiger partial charge in [-0.05, 0) is 11.8 Å². The monoisotopic (exact) mass is 230 g/mol. The Morgan fingerprint density at radius 3 is 1.92 bits per heavy atom. The average molecular weight is 230 g/mol. The molecule has 0 radical (unpaired) electrons. The lowest BCUT2D eigenvalue weighted by Gasteiger charge is -2.39. The molecule has 0 aromatic heterocycles. The van der Waals surface area contributed by atoms with Crippen molar-refractivity contribution in [1.29, 1.82) is 0 Å². The van der Waals surface area contributed by atoms with Gasteiger partial charge in [0.1, 0.15) is 0 Å². The van der Waals surface area contributed by atoms with Crippen LogP contribution < -0.4 is 0 Å². The fourth-order valence-corrected chi connectivity index (χ4v) is 9.56. The summed E-state index contributed by atoms with van der Waals surface area (Å²) in [6, 6.07) is -0.502. The Balaban J connectivity index is 2.96. The molecular formula is C7H14F4Si2. The van der Waals surface area contributed by atoms with E-state index < -0.39 is 28.1 Å². The summed E-state index contributed by atoms with van der Waals surface area (Å²) in [5.74, 6) is -0.502. The highest BCUT2D eigenvalue weighted by atomic mass is 29.3. The molecule has 0 amide bonds. The fraction of sp³-hybridized carbons (Fsp3) is 1.00. The van der Waals surface area contributed by atoms with Crippen LogP contribution in [-0.4, -0.2) is 16.5 Å². The van der Waals surface area contributed by atoms with Crippen LogP contribution in [0.1, 0.15) is 20.8 Å². The molecule has 0 bridgehead atoms. The van der Waals surface area contributed by atoms with E-state index in [4.69, 9.17) is 0 Å². The summed E-state index contributed by atoms with van der Waals surface area (Å²) in [6.07, 6.45) is 0. The fourth-order valence-electron chi connectivity index (χ4n) is 1.88. The summed E-state index contributed by atoms with van der Waals surface area (Å²) in [5, 5.41) is 0. The lowest BCUT2D eigenvalue weighted by molar-refractivity contribution is 0.332. The van der Waals surface area contributed by atoms with Crippen molar-refractivity contribution in [2.45, 2.75) is 32.4 Å². The van der Waals surface area contributed by atoms with Crippen LogP contribution in [0.5, 0.6) is 0 Å². The predicted molar refractivity (Wildman–Crippen MR) is 48.5 cm³/mol. The predicted octanol–water partition coefficient (Wildman–Crippen LogP) is 3.50. The van der Waals surface area contributed by atoms with Gasteiger partial charge in [-0.15, -0.1) is 0 Å². The SMILES string of the molecule is C[C@@H]1[C@H](C)C[Si](F)(F)[Si](F)(F)[C@H]1C. The Bertz CT molecular complexity index is 207. The average Bonchev–Trinajstić information content (AvgIpc) is 1.98. The molecule has 3 atom stereocenters. The van der Waals surface area contributed by atoms with Crippen molar-refractivity contribution in [1.82, 2.24) is 0 Å².